The van der Waals surface area contributed by atoms with Crippen LogP contribution in [0.2, 0.25) is 0 Å². The molecule has 1 aliphatic heterocycles. The van der Waals surface area contributed by atoms with Gasteiger partial charge >= 0.3 is 0 Å². The molecule has 1 N–H and O–H groups in total. The molecular weight excluding hydrogens is 208 g/mol. The molecule has 2 rings (SSSR count). The second kappa shape index (κ2) is 4.40. The number of benzene rings is 1. The van der Waals surface area contributed by atoms with Crippen molar-refractivity contribution in [3.8, 4) is 0 Å². The zero-order valence-electron chi connectivity index (χ0n) is 8.68. The Labute approximate surface area is 92.6 Å². The zero-order valence-corrected chi connectivity index (χ0v) is 8.68. The molecule has 1 fully saturated rings. The summed E-state index contributed by atoms with van der Waals surface area (Å²) in [6.07, 6.45) is 0.784. The summed E-state index contributed by atoms with van der Waals surface area (Å²) in [5.41, 5.74) is 1.51. The molecule has 0 spiro atoms. The van der Waals surface area contributed by atoms with Crippen LogP contribution in [0, 0.1) is 10.1 Å². The molecule has 1 aromatic rings. The monoisotopic (exact) mass is 220 g/mol. The molecule has 5 nitrogen and oxygen atoms in total. The molecule has 0 unspecified atom stereocenters. The second-order valence-corrected chi connectivity index (χ2v) is 3.87. The van der Waals surface area contributed by atoms with E-state index in [9.17, 15) is 14.9 Å². The first-order chi connectivity index (χ1) is 7.72. The predicted molar refractivity (Wildman–Crippen MR) is 58.5 cm³/mol. The van der Waals surface area contributed by atoms with Crippen LogP contribution in [0.4, 0.5) is 5.69 Å². The summed E-state index contributed by atoms with van der Waals surface area (Å²) < 4.78 is 0. The number of nitrogens with zero attached hydrogens (tertiary/aromatic N) is 1. The van der Waals surface area contributed by atoms with Crippen LogP contribution in [-0.4, -0.2) is 24.3 Å². The Balaban J connectivity index is 2.34. The number of carbonyl (C=O) groups is 1. The van der Waals surface area contributed by atoms with Gasteiger partial charge < -0.3 is 10.1 Å². The Morgan fingerprint density at radius 1 is 1.50 bits per heavy atom. The van der Waals surface area contributed by atoms with Crippen molar-refractivity contribution in [3.63, 3.8) is 0 Å². The number of nitro groups is 1. The highest BCUT2D eigenvalue weighted by Gasteiger charge is 2.22. The van der Waals surface area contributed by atoms with E-state index in [0.717, 1.165) is 18.7 Å². The Morgan fingerprint density at radius 3 is 2.75 bits per heavy atom. The van der Waals surface area contributed by atoms with E-state index >= 15 is 0 Å². The largest absolute Gasteiger partial charge is 0.315 e. The van der Waals surface area contributed by atoms with Crippen molar-refractivity contribution in [1.29, 1.82) is 0 Å². The molecule has 0 amide bonds. The minimum Gasteiger partial charge on any atom is -0.315 e. The van der Waals surface area contributed by atoms with Gasteiger partial charge in [0.2, 0.25) is 0 Å². The van der Waals surface area contributed by atoms with Gasteiger partial charge in [0.05, 0.1) is 4.92 Å². The molecule has 5 heteroatoms. The van der Waals surface area contributed by atoms with Crippen LogP contribution in [0.5, 0.6) is 0 Å². The summed E-state index contributed by atoms with van der Waals surface area (Å²) in [5.74, 6) is 0.365. The zero-order chi connectivity index (χ0) is 11.5. The van der Waals surface area contributed by atoms with Gasteiger partial charge in [0.15, 0.2) is 0 Å². The summed E-state index contributed by atoms with van der Waals surface area (Å²) in [6, 6.07) is 5.14. The number of hydrogen-bond donors (Lipinski definition) is 1. The third-order valence-corrected chi connectivity index (χ3v) is 2.86. The number of nitro benzene ring substituents is 1. The topological polar surface area (TPSA) is 72.2 Å². The lowest BCUT2D eigenvalue weighted by Gasteiger charge is -2.27. The van der Waals surface area contributed by atoms with Crippen LogP contribution in [0.15, 0.2) is 18.2 Å². The Hall–Kier alpha value is -1.75. The van der Waals surface area contributed by atoms with Crippen molar-refractivity contribution in [2.24, 2.45) is 0 Å². The highest BCUT2D eigenvalue weighted by Crippen LogP contribution is 2.27. The van der Waals surface area contributed by atoms with Crippen LogP contribution in [0.25, 0.3) is 0 Å². The SMILES string of the molecule is O=CCc1ccc(C2CNC2)cc1[N+](=O)[O-]. The first kappa shape index (κ1) is 10.8. The molecule has 84 valence electrons. The summed E-state index contributed by atoms with van der Waals surface area (Å²) in [7, 11) is 0. The van der Waals surface area contributed by atoms with Crippen molar-refractivity contribution in [3.05, 3.63) is 39.4 Å². The lowest BCUT2D eigenvalue weighted by molar-refractivity contribution is -0.385. The first-order valence-electron chi connectivity index (χ1n) is 5.14. The molecule has 0 saturated carbocycles. The van der Waals surface area contributed by atoms with Crippen LogP contribution in [0.3, 0.4) is 0 Å². The van der Waals surface area contributed by atoms with E-state index in [1.807, 2.05) is 6.07 Å². The molecule has 0 atom stereocenters. The van der Waals surface area contributed by atoms with Crippen LogP contribution < -0.4 is 5.32 Å². The minimum atomic E-state index is -0.422. The van der Waals surface area contributed by atoms with Crippen molar-refractivity contribution in [2.75, 3.05) is 13.1 Å². The quantitative estimate of drug-likeness (QED) is 0.467. The van der Waals surface area contributed by atoms with E-state index in [0.29, 0.717) is 17.8 Å². The van der Waals surface area contributed by atoms with E-state index in [-0.39, 0.29) is 12.1 Å². The average Bonchev–Trinajstić information content (AvgIpc) is 2.17. The maximum Gasteiger partial charge on any atom is 0.273 e. The normalized spacial score (nSPS) is 15.5. The molecule has 0 aromatic heterocycles. The lowest BCUT2D eigenvalue weighted by Crippen LogP contribution is -2.39. The van der Waals surface area contributed by atoms with Gasteiger partial charge in [-0.1, -0.05) is 12.1 Å². The van der Waals surface area contributed by atoms with E-state index in [2.05, 4.69) is 5.32 Å². The molecule has 16 heavy (non-hydrogen) atoms. The summed E-state index contributed by atoms with van der Waals surface area (Å²) in [6.45, 7) is 1.73. The third kappa shape index (κ3) is 1.94. The molecule has 0 bridgehead atoms. The highest BCUT2D eigenvalue weighted by molar-refractivity contribution is 5.60. The smallest absolute Gasteiger partial charge is 0.273 e. The number of rotatable bonds is 4. The molecule has 1 aromatic carbocycles. The molecular formula is C11H12N2O3. The van der Waals surface area contributed by atoms with Crippen LogP contribution in [-0.2, 0) is 11.2 Å². The maximum absolute atomic E-state index is 10.9. The van der Waals surface area contributed by atoms with Gasteiger partial charge in [-0.05, 0) is 5.56 Å². The fourth-order valence-electron chi connectivity index (χ4n) is 1.79. The number of carbonyl (C=O) groups excluding carboxylic acids is 1. The van der Waals surface area contributed by atoms with Gasteiger partial charge in [-0.2, -0.15) is 0 Å². The van der Waals surface area contributed by atoms with E-state index in [1.54, 1.807) is 12.1 Å². The fourth-order valence-corrected chi connectivity index (χ4v) is 1.79. The molecule has 0 radical (unpaired) electrons. The Kier molecular flexibility index (Phi) is 2.96. The van der Waals surface area contributed by atoms with Gasteiger partial charge in [-0.3, -0.25) is 10.1 Å². The van der Waals surface area contributed by atoms with Gasteiger partial charge in [0, 0.05) is 37.1 Å². The predicted octanol–water partition coefficient (Wildman–Crippen LogP) is 1.02. The first-order valence-corrected chi connectivity index (χ1v) is 5.14. The second-order valence-electron chi connectivity index (χ2n) is 3.87. The van der Waals surface area contributed by atoms with Gasteiger partial charge in [0.1, 0.15) is 6.29 Å². The van der Waals surface area contributed by atoms with Gasteiger partial charge in [-0.25, -0.2) is 0 Å². The van der Waals surface area contributed by atoms with Crippen molar-refractivity contribution in [1.82, 2.24) is 5.32 Å². The van der Waals surface area contributed by atoms with E-state index in [1.165, 1.54) is 0 Å². The van der Waals surface area contributed by atoms with Crippen LogP contribution >= 0.6 is 0 Å². The summed E-state index contributed by atoms with van der Waals surface area (Å²) >= 11 is 0. The molecule has 1 saturated heterocycles. The standard InChI is InChI=1S/C11H12N2O3/c14-4-3-8-1-2-9(10-6-12-7-10)5-11(8)13(15)16/h1-2,4-5,10,12H,3,6-7H2. The minimum absolute atomic E-state index is 0.0523. The Morgan fingerprint density at radius 2 is 2.25 bits per heavy atom. The number of nitrogens with one attached hydrogen (secondary N) is 1. The van der Waals surface area contributed by atoms with Gasteiger partial charge in [-0.15, -0.1) is 0 Å². The van der Waals surface area contributed by atoms with E-state index < -0.39 is 4.92 Å². The summed E-state index contributed by atoms with van der Waals surface area (Å²) in [4.78, 5) is 20.8. The van der Waals surface area contributed by atoms with Gasteiger partial charge in [0.25, 0.3) is 5.69 Å². The van der Waals surface area contributed by atoms with Crippen molar-refractivity contribution in [2.45, 2.75) is 12.3 Å². The number of aldehydes is 1. The summed E-state index contributed by atoms with van der Waals surface area (Å²) in [5, 5.41) is 14.0. The third-order valence-electron chi connectivity index (χ3n) is 2.86. The van der Waals surface area contributed by atoms with Crippen molar-refractivity contribution >= 4 is 12.0 Å². The highest BCUT2D eigenvalue weighted by atomic mass is 16.6. The fraction of sp³-hybridized carbons (Fsp3) is 0.364. The Bertz CT molecular complexity index is 427. The average molecular weight is 220 g/mol. The molecule has 0 aliphatic carbocycles. The lowest BCUT2D eigenvalue weighted by atomic mass is 9.92. The molecule has 1 heterocycles. The van der Waals surface area contributed by atoms with Crippen LogP contribution in [0.1, 0.15) is 17.0 Å². The number of hydrogen-bond acceptors (Lipinski definition) is 4. The molecule has 1 aliphatic rings. The van der Waals surface area contributed by atoms with E-state index in [4.69, 9.17) is 0 Å². The van der Waals surface area contributed by atoms with Crippen molar-refractivity contribution < 1.29 is 9.72 Å². The maximum atomic E-state index is 10.9.